The number of para-hydroxylation sites is 1. The summed E-state index contributed by atoms with van der Waals surface area (Å²) in [6.45, 7) is 0.259. The van der Waals surface area contributed by atoms with E-state index in [1.165, 1.54) is 6.08 Å². The lowest BCUT2D eigenvalue weighted by atomic mass is 10.1. The number of anilines is 1. The third kappa shape index (κ3) is 5.77. The zero-order chi connectivity index (χ0) is 21.5. The third-order valence-electron chi connectivity index (χ3n) is 4.02. The Kier molecular flexibility index (Phi) is 7.37. The zero-order valence-corrected chi connectivity index (χ0v) is 17.8. The van der Waals surface area contributed by atoms with Gasteiger partial charge in [0.15, 0.2) is 5.75 Å². The fourth-order valence-corrected chi connectivity index (χ4v) is 3.31. The molecule has 0 spiro atoms. The quantitative estimate of drug-likeness (QED) is 0.328. The molecule has 4 nitrogen and oxygen atoms in total. The van der Waals surface area contributed by atoms with Crippen LogP contribution in [0.1, 0.15) is 11.1 Å². The van der Waals surface area contributed by atoms with Gasteiger partial charge in [-0.25, -0.2) is 0 Å². The molecule has 0 bridgehead atoms. The smallest absolute Gasteiger partial charge is 0.266 e. The molecule has 0 radical (unpaired) electrons. The van der Waals surface area contributed by atoms with Gasteiger partial charge in [-0.3, -0.25) is 4.79 Å². The molecular formula is C23H15Cl3N2O2. The first-order valence-corrected chi connectivity index (χ1v) is 9.94. The predicted octanol–water partition coefficient (Wildman–Crippen LogP) is 6.77. The number of nitrogens with zero attached hydrogens (tertiary/aromatic N) is 1. The molecule has 0 aliphatic rings. The van der Waals surface area contributed by atoms with Gasteiger partial charge in [0, 0.05) is 10.7 Å². The Bertz CT molecular complexity index is 1100. The first kappa shape index (κ1) is 21.7. The van der Waals surface area contributed by atoms with Crippen molar-refractivity contribution in [1.29, 1.82) is 5.26 Å². The van der Waals surface area contributed by atoms with Gasteiger partial charge in [-0.1, -0.05) is 65.1 Å². The third-order valence-corrected chi connectivity index (χ3v) is 4.84. The summed E-state index contributed by atoms with van der Waals surface area (Å²) in [5.74, 6) is -0.211. The lowest BCUT2D eigenvalue weighted by Crippen LogP contribution is -2.13. The molecule has 3 aromatic carbocycles. The molecule has 1 amide bonds. The van der Waals surface area contributed by atoms with E-state index < -0.39 is 5.91 Å². The number of nitrogens with one attached hydrogen (secondary N) is 1. The second kappa shape index (κ2) is 10.2. The minimum absolute atomic E-state index is 0.0826. The lowest BCUT2D eigenvalue weighted by Gasteiger charge is -2.11. The average Bonchev–Trinajstić information content (AvgIpc) is 2.73. The van der Waals surface area contributed by atoms with Crippen LogP contribution in [-0.4, -0.2) is 5.91 Å². The highest BCUT2D eigenvalue weighted by atomic mass is 35.5. The molecule has 3 aromatic rings. The van der Waals surface area contributed by atoms with Crippen LogP contribution in [0, 0.1) is 11.3 Å². The van der Waals surface area contributed by atoms with Gasteiger partial charge in [-0.2, -0.15) is 5.26 Å². The summed E-state index contributed by atoms with van der Waals surface area (Å²) >= 11 is 18.5. The molecule has 30 heavy (non-hydrogen) atoms. The minimum Gasteiger partial charge on any atom is -0.486 e. The number of rotatable bonds is 6. The molecule has 0 heterocycles. The van der Waals surface area contributed by atoms with Crippen LogP contribution in [0.25, 0.3) is 6.08 Å². The van der Waals surface area contributed by atoms with E-state index in [9.17, 15) is 10.1 Å². The Hall–Kier alpha value is -2.97. The van der Waals surface area contributed by atoms with Crippen molar-refractivity contribution in [3.63, 3.8) is 0 Å². The van der Waals surface area contributed by atoms with Gasteiger partial charge in [-0.05, 0) is 53.6 Å². The van der Waals surface area contributed by atoms with Gasteiger partial charge in [0.05, 0.1) is 10.0 Å². The second-order valence-corrected chi connectivity index (χ2v) is 7.47. The van der Waals surface area contributed by atoms with Crippen molar-refractivity contribution >= 4 is 52.5 Å². The SMILES string of the molecule is N#C/C(=C\c1cc(Cl)c(OCc2ccc(Cl)cc2)c(Cl)c1)C(=O)Nc1ccccc1. The topological polar surface area (TPSA) is 62.1 Å². The number of halogens is 3. The van der Waals surface area contributed by atoms with Crippen molar-refractivity contribution in [2.24, 2.45) is 0 Å². The van der Waals surface area contributed by atoms with Crippen LogP contribution < -0.4 is 10.1 Å². The summed E-state index contributed by atoms with van der Waals surface area (Å²) in [6.07, 6.45) is 1.42. The van der Waals surface area contributed by atoms with E-state index in [0.717, 1.165) is 5.56 Å². The van der Waals surface area contributed by atoms with Crippen molar-refractivity contribution in [2.45, 2.75) is 6.61 Å². The van der Waals surface area contributed by atoms with Crippen molar-refractivity contribution in [2.75, 3.05) is 5.32 Å². The van der Waals surface area contributed by atoms with Gasteiger partial charge in [0.25, 0.3) is 5.91 Å². The number of hydrogen-bond donors (Lipinski definition) is 1. The number of benzene rings is 3. The number of amides is 1. The lowest BCUT2D eigenvalue weighted by molar-refractivity contribution is -0.112. The van der Waals surface area contributed by atoms with E-state index in [1.807, 2.05) is 24.3 Å². The molecule has 0 unspecified atom stereocenters. The maximum atomic E-state index is 12.4. The fraction of sp³-hybridized carbons (Fsp3) is 0.0435. The van der Waals surface area contributed by atoms with Crippen LogP contribution in [0.4, 0.5) is 5.69 Å². The summed E-state index contributed by atoms with van der Waals surface area (Å²) in [6, 6.07) is 21.1. The van der Waals surface area contributed by atoms with Gasteiger partial charge < -0.3 is 10.1 Å². The van der Waals surface area contributed by atoms with Crippen molar-refractivity contribution < 1.29 is 9.53 Å². The van der Waals surface area contributed by atoms with Crippen molar-refractivity contribution in [3.05, 3.63) is 98.5 Å². The van der Waals surface area contributed by atoms with Crippen molar-refractivity contribution in [1.82, 2.24) is 0 Å². The van der Waals surface area contributed by atoms with E-state index in [1.54, 1.807) is 48.5 Å². The fourth-order valence-electron chi connectivity index (χ4n) is 2.57. The highest BCUT2D eigenvalue weighted by Crippen LogP contribution is 2.35. The normalized spacial score (nSPS) is 10.9. The average molecular weight is 458 g/mol. The van der Waals surface area contributed by atoms with Crippen molar-refractivity contribution in [3.8, 4) is 11.8 Å². The molecule has 0 aliphatic heterocycles. The summed E-state index contributed by atoms with van der Waals surface area (Å²) < 4.78 is 5.73. The summed E-state index contributed by atoms with van der Waals surface area (Å²) in [7, 11) is 0. The summed E-state index contributed by atoms with van der Waals surface area (Å²) in [4.78, 5) is 12.4. The molecule has 0 atom stereocenters. The number of carbonyl (C=O) groups excluding carboxylic acids is 1. The first-order valence-electron chi connectivity index (χ1n) is 8.81. The Labute approximate surface area is 189 Å². The maximum Gasteiger partial charge on any atom is 0.266 e. The number of nitriles is 1. The zero-order valence-electron chi connectivity index (χ0n) is 15.5. The highest BCUT2D eigenvalue weighted by molar-refractivity contribution is 6.37. The Morgan fingerprint density at radius 2 is 1.63 bits per heavy atom. The summed E-state index contributed by atoms with van der Waals surface area (Å²) in [5.41, 5.74) is 1.91. The van der Waals surface area contributed by atoms with E-state index in [0.29, 0.717) is 22.0 Å². The molecule has 0 fully saturated rings. The molecule has 7 heteroatoms. The van der Waals surface area contributed by atoms with E-state index in [4.69, 9.17) is 39.5 Å². The maximum absolute atomic E-state index is 12.4. The molecule has 3 rings (SSSR count). The Morgan fingerprint density at radius 3 is 2.23 bits per heavy atom. The van der Waals surface area contributed by atoms with Gasteiger partial charge >= 0.3 is 0 Å². The largest absolute Gasteiger partial charge is 0.486 e. The number of carbonyl (C=O) groups is 1. The molecule has 150 valence electrons. The van der Waals surface area contributed by atoms with Crippen LogP contribution in [0.15, 0.2) is 72.3 Å². The number of ether oxygens (including phenoxy) is 1. The van der Waals surface area contributed by atoms with E-state index in [2.05, 4.69) is 5.32 Å². The van der Waals surface area contributed by atoms with Crippen LogP contribution in [0.5, 0.6) is 5.75 Å². The van der Waals surface area contributed by atoms with E-state index >= 15 is 0 Å². The molecule has 0 aromatic heterocycles. The molecule has 0 aliphatic carbocycles. The monoisotopic (exact) mass is 456 g/mol. The van der Waals surface area contributed by atoms with Crippen LogP contribution in [-0.2, 0) is 11.4 Å². The van der Waals surface area contributed by atoms with E-state index in [-0.39, 0.29) is 22.2 Å². The Balaban J connectivity index is 1.76. The summed E-state index contributed by atoms with van der Waals surface area (Å²) in [5, 5.41) is 13.2. The van der Waals surface area contributed by atoms with Gasteiger partial charge in [-0.15, -0.1) is 0 Å². The van der Waals surface area contributed by atoms with Gasteiger partial charge in [0.2, 0.25) is 0 Å². The van der Waals surface area contributed by atoms with Crippen LogP contribution >= 0.6 is 34.8 Å². The highest BCUT2D eigenvalue weighted by Gasteiger charge is 2.13. The van der Waals surface area contributed by atoms with Crippen LogP contribution in [0.3, 0.4) is 0 Å². The molecular weight excluding hydrogens is 443 g/mol. The molecule has 1 N–H and O–H groups in total. The van der Waals surface area contributed by atoms with Crippen LogP contribution in [0.2, 0.25) is 15.1 Å². The Morgan fingerprint density at radius 1 is 1.00 bits per heavy atom. The molecule has 0 saturated heterocycles. The minimum atomic E-state index is -0.529. The van der Waals surface area contributed by atoms with Gasteiger partial charge in [0.1, 0.15) is 18.2 Å². The first-order chi connectivity index (χ1) is 14.5. The number of hydrogen-bond acceptors (Lipinski definition) is 3. The predicted molar refractivity (Wildman–Crippen MR) is 121 cm³/mol. The molecule has 0 saturated carbocycles. The standard InChI is InChI=1S/C23H15Cl3N2O2/c24-18-8-6-15(7-9-18)14-30-22-20(25)11-16(12-21(22)26)10-17(13-27)23(29)28-19-4-2-1-3-5-19/h1-12H,14H2,(H,28,29)/b17-10+. The second-order valence-electron chi connectivity index (χ2n) is 6.22.